The molecule has 1 aliphatic rings. The maximum Gasteiger partial charge on any atom is 0.0768 e. The molecule has 1 atom stereocenters. The van der Waals surface area contributed by atoms with E-state index >= 15 is 0 Å². The third-order valence-electron chi connectivity index (χ3n) is 3.39. The van der Waals surface area contributed by atoms with Crippen LogP contribution in [-0.4, -0.2) is 48.5 Å². The Kier molecular flexibility index (Phi) is 4.35. The largest absolute Gasteiger partial charge is 0.389 e. The summed E-state index contributed by atoms with van der Waals surface area (Å²) in [4.78, 5) is 2.24. The normalized spacial score (nSPS) is 23.4. The number of nitrogens with zero attached hydrogens (tertiary/aromatic N) is 1. The third-order valence-corrected chi connectivity index (χ3v) is 3.39. The highest BCUT2D eigenvalue weighted by Gasteiger charge is 2.28. The van der Waals surface area contributed by atoms with Gasteiger partial charge in [0, 0.05) is 19.2 Å². The molecule has 84 valence electrons. The van der Waals surface area contributed by atoms with Gasteiger partial charge in [-0.2, -0.15) is 0 Å². The van der Waals surface area contributed by atoms with Crippen molar-refractivity contribution >= 4 is 0 Å². The van der Waals surface area contributed by atoms with Crippen LogP contribution in [-0.2, 0) is 4.74 Å². The van der Waals surface area contributed by atoms with Gasteiger partial charge in [-0.05, 0) is 26.3 Å². The fourth-order valence-electron chi connectivity index (χ4n) is 1.94. The van der Waals surface area contributed by atoms with E-state index in [1.807, 2.05) is 13.8 Å². The van der Waals surface area contributed by atoms with E-state index in [2.05, 4.69) is 11.9 Å². The first-order chi connectivity index (χ1) is 6.61. The van der Waals surface area contributed by atoms with Crippen LogP contribution >= 0.6 is 0 Å². The molecule has 1 unspecified atom stereocenters. The highest BCUT2D eigenvalue weighted by Crippen LogP contribution is 2.19. The first-order valence-corrected chi connectivity index (χ1v) is 5.61. The Morgan fingerprint density at radius 1 is 1.43 bits per heavy atom. The minimum atomic E-state index is -0.517. The third kappa shape index (κ3) is 2.94. The molecular formula is C11H23NO2. The smallest absolute Gasteiger partial charge is 0.0768 e. The van der Waals surface area contributed by atoms with E-state index in [9.17, 15) is 5.11 Å². The number of likely N-dealkylation sites (N-methyl/N-ethyl adjacent to an activating group) is 1. The summed E-state index contributed by atoms with van der Waals surface area (Å²) in [6, 6.07) is 0.500. The van der Waals surface area contributed by atoms with Crippen molar-refractivity contribution in [1.82, 2.24) is 4.90 Å². The second kappa shape index (κ2) is 5.10. The van der Waals surface area contributed by atoms with E-state index in [0.717, 1.165) is 39.0 Å². The molecule has 1 saturated heterocycles. The Bertz CT molecular complexity index is 163. The van der Waals surface area contributed by atoms with E-state index in [0.29, 0.717) is 6.04 Å². The Labute approximate surface area is 87.1 Å². The van der Waals surface area contributed by atoms with E-state index < -0.39 is 5.60 Å². The number of aliphatic hydroxyl groups is 1. The van der Waals surface area contributed by atoms with E-state index in [4.69, 9.17) is 4.74 Å². The zero-order chi connectivity index (χ0) is 10.6. The average molecular weight is 201 g/mol. The predicted octanol–water partition coefficient (Wildman–Crippen LogP) is 1.26. The molecule has 1 heterocycles. The van der Waals surface area contributed by atoms with Crippen molar-refractivity contribution in [2.45, 2.75) is 44.8 Å². The molecule has 1 aliphatic heterocycles. The van der Waals surface area contributed by atoms with Gasteiger partial charge < -0.3 is 9.84 Å². The summed E-state index contributed by atoms with van der Waals surface area (Å²) in [5, 5.41) is 10.2. The summed E-state index contributed by atoms with van der Waals surface area (Å²) in [5.74, 6) is 0. The monoisotopic (exact) mass is 201 g/mol. The first-order valence-electron chi connectivity index (χ1n) is 5.61. The van der Waals surface area contributed by atoms with Gasteiger partial charge in [0.2, 0.25) is 0 Å². The lowest BCUT2D eigenvalue weighted by Crippen LogP contribution is -2.45. The van der Waals surface area contributed by atoms with E-state index in [1.54, 1.807) is 0 Å². The van der Waals surface area contributed by atoms with Crippen molar-refractivity contribution in [3.63, 3.8) is 0 Å². The van der Waals surface area contributed by atoms with Gasteiger partial charge in [-0.1, -0.05) is 13.8 Å². The lowest BCUT2D eigenvalue weighted by Gasteiger charge is -2.33. The Hall–Kier alpha value is -0.120. The van der Waals surface area contributed by atoms with Gasteiger partial charge >= 0.3 is 0 Å². The second-order valence-electron chi connectivity index (χ2n) is 4.36. The number of rotatable bonds is 5. The summed E-state index contributed by atoms with van der Waals surface area (Å²) in [6.07, 6.45) is 2.74. The van der Waals surface area contributed by atoms with Crippen LogP contribution in [0.25, 0.3) is 0 Å². The van der Waals surface area contributed by atoms with Gasteiger partial charge in [0.25, 0.3) is 0 Å². The summed E-state index contributed by atoms with van der Waals surface area (Å²) in [6.45, 7) is 6.53. The van der Waals surface area contributed by atoms with Crippen molar-refractivity contribution < 1.29 is 9.84 Å². The zero-order valence-corrected chi connectivity index (χ0v) is 9.62. The topological polar surface area (TPSA) is 32.7 Å². The Morgan fingerprint density at radius 2 is 2.07 bits per heavy atom. The van der Waals surface area contributed by atoms with Gasteiger partial charge in [-0.3, -0.25) is 4.90 Å². The average Bonchev–Trinajstić information content (AvgIpc) is 2.70. The molecule has 0 radical (unpaired) electrons. The number of hydrogen-bond donors (Lipinski definition) is 1. The van der Waals surface area contributed by atoms with Crippen molar-refractivity contribution in [3.05, 3.63) is 0 Å². The molecule has 0 aromatic carbocycles. The van der Waals surface area contributed by atoms with Crippen LogP contribution in [0.1, 0.15) is 33.1 Å². The Balaban J connectivity index is 2.41. The van der Waals surface area contributed by atoms with Gasteiger partial charge in [-0.15, -0.1) is 0 Å². The quantitative estimate of drug-likeness (QED) is 0.727. The molecular weight excluding hydrogens is 178 g/mol. The van der Waals surface area contributed by atoms with Gasteiger partial charge in [-0.25, -0.2) is 0 Å². The molecule has 3 heteroatoms. The van der Waals surface area contributed by atoms with Crippen LogP contribution in [0, 0.1) is 0 Å². The standard InChI is InChI=1S/C11H23NO2/c1-4-11(13,5-2)9-12(3)10-6-7-14-8-10/h10,13H,4-9H2,1-3H3. The fraction of sp³-hybridized carbons (Fsp3) is 1.00. The SMILES string of the molecule is CCC(O)(CC)CN(C)C1CCOC1. The molecule has 1 N–H and O–H groups in total. The lowest BCUT2D eigenvalue weighted by atomic mass is 9.96. The van der Waals surface area contributed by atoms with Gasteiger partial charge in [0.1, 0.15) is 0 Å². The van der Waals surface area contributed by atoms with Crippen molar-refractivity contribution in [2.24, 2.45) is 0 Å². The summed E-state index contributed by atoms with van der Waals surface area (Å²) in [5.41, 5.74) is -0.517. The molecule has 3 nitrogen and oxygen atoms in total. The minimum absolute atomic E-state index is 0.500. The molecule has 0 aromatic rings. The maximum atomic E-state index is 10.2. The first kappa shape index (κ1) is 12.0. The molecule has 0 saturated carbocycles. The zero-order valence-electron chi connectivity index (χ0n) is 9.62. The lowest BCUT2D eigenvalue weighted by molar-refractivity contribution is -0.00792. The van der Waals surface area contributed by atoms with Crippen molar-refractivity contribution in [3.8, 4) is 0 Å². The van der Waals surface area contributed by atoms with E-state index in [-0.39, 0.29) is 0 Å². The summed E-state index contributed by atoms with van der Waals surface area (Å²) >= 11 is 0. The molecule has 0 bridgehead atoms. The van der Waals surface area contributed by atoms with Gasteiger partial charge in [0.05, 0.1) is 12.2 Å². The highest BCUT2D eigenvalue weighted by molar-refractivity contribution is 4.82. The molecule has 14 heavy (non-hydrogen) atoms. The number of hydrogen-bond acceptors (Lipinski definition) is 3. The Morgan fingerprint density at radius 3 is 2.50 bits per heavy atom. The van der Waals surface area contributed by atoms with E-state index in [1.165, 1.54) is 0 Å². The van der Waals surface area contributed by atoms with Crippen LogP contribution in [0.3, 0.4) is 0 Å². The van der Waals surface area contributed by atoms with Crippen LogP contribution in [0.15, 0.2) is 0 Å². The molecule has 0 aromatic heterocycles. The fourth-order valence-corrected chi connectivity index (χ4v) is 1.94. The predicted molar refractivity (Wildman–Crippen MR) is 57.4 cm³/mol. The minimum Gasteiger partial charge on any atom is -0.389 e. The second-order valence-corrected chi connectivity index (χ2v) is 4.36. The molecule has 0 spiro atoms. The maximum absolute atomic E-state index is 10.2. The molecule has 0 amide bonds. The van der Waals surface area contributed by atoms with Crippen LogP contribution in [0.5, 0.6) is 0 Å². The summed E-state index contributed by atoms with van der Waals surface area (Å²) < 4.78 is 5.34. The van der Waals surface area contributed by atoms with Crippen LogP contribution in [0.4, 0.5) is 0 Å². The molecule has 1 fully saturated rings. The molecule has 0 aliphatic carbocycles. The van der Waals surface area contributed by atoms with Crippen LogP contribution in [0.2, 0.25) is 0 Å². The number of ether oxygens (including phenoxy) is 1. The van der Waals surface area contributed by atoms with Crippen molar-refractivity contribution in [1.29, 1.82) is 0 Å². The van der Waals surface area contributed by atoms with Crippen molar-refractivity contribution in [2.75, 3.05) is 26.8 Å². The molecule has 1 rings (SSSR count). The van der Waals surface area contributed by atoms with Crippen LogP contribution < -0.4 is 0 Å². The van der Waals surface area contributed by atoms with Gasteiger partial charge in [0.15, 0.2) is 0 Å². The highest BCUT2D eigenvalue weighted by atomic mass is 16.5. The summed E-state index contributed by atoms with van der Waals surface area (Å²) in [7, 11) is 2.08.